The highest BCUT2D eigenvalue weighted by atomic mass is 19.1. The van der Waals surface area contributed by atoms with Crippen LogP contribution in [0.3, 0.4) is 0 Å². The molecule has 2 atom stereocenters. The highest BCUT2D eigenvalue weighted by Crippen LogP contribution is 2.19. The second kappa shape index (κ2) is 9.50. The van der Waals surface area contributed by atoms with Crippen LogP contribution in [0.5, 0.6) is 0 Å². The molecular weight excluding hydrogens is 267 g/mol. The molecule has 0 heterocycles. The SMILES string of the molecule is CCCC(CCN)CCC(=O)NC(C)c1ccccc1F. The highest BCUT2D eigenvalue weighted by Gasteiger charge is 2.14. The minimum Gasteiger partial charge on any atom is -0.349 e. The van der Waals surface area contributed by atoms with Gasteiger partial charge in [0.25, 0.3) is 0 Å². The summed E-state index contributed by atoms with van der Waals surface area (Å²) in [4.78, 5) is 12.0. The molecule has 21 heavy (non-hydrogen) atoms. The summed E-state index contributed by atoms with van der Waals surface area (Å²) in [6.07, 6.45) is 4.50. The number of nitrogens with one attached hydrogen (secondary N) is 1. The number of hydrogen-bond acceptors (Lipinski definition) is 2. The molecule has 2 unspecified atom stereocenters. The number of carbonyl (C=O) groups is 1. The predicted octanol–water partition coefficient (Wildman–Crippen LogP) is 3.55. The summed E-state index contributed by atoms with van der Waals surface area (Å²) in [6, 6.07) is 6.23. The molecule has 0 fully saturated rings. The summed E-state index contributed by atoms with van der Waals surface area (Å²) in [5.74, 6) is 0.204. The molecule has 3 nitrogen and oxygen atoms in total. The Morgan fingerprint density at radius 3 is 2.62 bits per heavy atom. The van der Waals surface area contributed by atoms with Crippen LogP contribution in [0.1, 0.15) is 57.6 Å². The predicted molar refractivity (Wildman–Crippen MR) is 84.3 cm³/mol. The fraction of sp³-hybridized carbons (Fsp3) is 0.588. The van der Waals surface area contributed by atoms with Crippen molar-refractivity contribution < 1.29 is 9.18 Å². The zero-order valence-electron chi connectivity index (χ0n) is 13.1. The molecule has 3 N–H and O–H groups in total. The number of amides is 1. The zero-order valence-corrected chi connectivity index (χ0v) is 13.1. The lowest BCUT2D eigenvalue weighted by atomic mass is 9.94. The summed E-state index contributed by atoms with van der Waals surface area (Å²) in [6.45, 7) is 4.61. The smallest absolute Gasteiger partial charge is 0.220 e. The Morgan fingerprint density at radius 1 is 1.29 bits per heavy atom. The van der Waals surface area contributed by atoms with E-state index >= 15 is 0 Å². The van der Waals surface area contributed by atoms with Crippen molar-refractivity contribution in [1.82, 2.24) is 5.32 Å². The summed E-state index contributed by atoms with van der Waals surface area (Å²) in [5, 5.41) is 2.87. The van der Waals surface area contributed by atoms with Crippen molar-refractivity contribution in [3.8, 4) is 0 Å². The van der Waals surface area contributed by atoms with Gasteiger partial charge in [-0.1, -0.05) is 38.0 Å². The Kier molecular flexibility index (Phi) is 7.98. The number of nitrogens with two attached hydrogens (primary N) is 1. The van der Waals surface area contributed by atoms with Gasteiger partial charge in [-0.3, -0.25) is 4.79 Å². The van der Waals surface area contributed by atoms with Gasteiger partial charge < -0.3 is 11.1 Å². The molecule has 0 spiro atoms. The number of halogens is 1. The van der Waals surface area contributed by atoms with E-state index in [1.807, 2.05) is 0 Å². The van der Waals surface area contributed by atoms with Crippen molar-refractivity contribution in [2.45, 2.75) is 52.0 Å². The van der Waals surface area contributed by atoms with Crippen molar-refractivity contribution in [1.29, 1.82) is 0 Å². The average Bonchev–Trinajstić information content (AvgIpc) is 2.45. The molecular formula is C17H27FN2O. The molecule has 4 heteroatoms. The molecule has 0 aliphatic rings. The van der Waals surface area contributed by atoms with Crippen molar-refractivity contribution in [2.75, 3.05) is 6.54 Å². The third-order valence-electron chi connectivity index (χ3n) is 3.80. The van der Waals surface area contributed by atoms with Crippen LogP contribution in [0, 0.1) is 11.7 Å². The first-order valence-corrected chi connectivity index (χ1v) is 7.82. The maximum Gasteiger partial charge on any atom is 0.220 e. The monoisotopic (exact) mass is 294 g/mol. The van der Waals surface area contributed by atoms with E-state index in [-0.39, 0.29) is 17.8 Å². The summed E-state index contributed by atoms with van der Waals surface area (Å²) >= 11 is 0. The first-order chi connectivity index (χ1) is 10.1. The molecule has 1 aromatic carbocycles. The van der Waals surface area contributed by atoms with Crippen molar-refractivity contribution in [3.63, 3.8) is 0 Å². The molecule has 0 saturated carbocycles. The van der Waals surface area contributed by atoms with Crippen LogP contribution >= 0.6 is 0 Å². The first kappa shape index (κ1) is 17.6. The Morgan fingerprint density at radius 2 is 2.00 bits per heavy atom. The van der Waals surface area contributed by atoms with Crippen molar-refractivity contribution >= 4 is 5.91 Å². The van der Waals surface area contributed by atoms with E-state index in [9.17, 15) is 9.18 Å². The molecule has 0 radical (unpaired) electrons. The quantitative estimate of drug-likeness (QED) is 0.732. The van der Waals surface area contributed by atoms with E-state index in [1.165, 1.54) is 6.07 Å². The van der Waals surface area contributed by atoms with E-state index < -0.39 is 0 Å². The topological polar surface area (TPSA) is 55.1 Å². The molecule has 0 aliphatic heterocycles. The lowest BCUT2D eigenvalue weighted by Gasteiger charge is -2.17. The molecule has 0 aliphatic carbocycles. The van der Waals surface area contributed by atoms with Crippen LogP contribution in [0.25, 0.3) is 0 Å². The fourth-order valence-corrected chi connectivity index (χ4v) is 2.63. The van der Waals surface area contributed by atoms with Crippen LogP contribution in [0.4, 0.5) is 4.39 Å². The Balaban J connectivity index is 2.44. The van der Waals surface area contributed by atoms with Gasteiger partial charge in [0.05, 0.1) is 6.04 Å². The third-order valence-corrected chi connectivity index (χ3v) is 3.80. The van der Waals surface area contributed by atoms with E-state index in [0.717, 1.165) is 25.7 Å². The van der Waals surface area contributed by atoms with Crippen molar-refractivity contribution in [3.05, 3.63) is 35.6 Å². The Hall–Kier alpha value is -1.42. The maximum atomic E-state index is 13.6. The fourth-order valence-electron chi connectivity index (χ4n) is 2.63. The lowest BCUT2D eigenvalue weighted by Crippen LogP contribution is -2.27. The van der Waals surface area contributed by atoms with Gasteiger partial charge >= 0.3 is 0 Å². The zero-order chi connectivity index (χ0) is 15.7. The molecule has 0 bridgehead atoms. The lowest BCUT2D eigenvalue weighted by molar-refractivity contribution is -0.122. The number of rotatable bonds is 9. The van der Waals surface area contributed by atoms with Gasteiger partial charge in [-0.15, -0.1) is 0 Å². The number of hydrogen-bond donors (Lipinski definition) is 2. The van der Waals surface area contributed by atoms with Gasteiger partial charge in [0.2, 0.25) is 5.91 Å². The summed E-state index contributed by atoms with van der Waals surface area (Å²) < 4.78 is 13.6. The molecule has 0 saturated heterocycles. The summed E-state index contributed by atoms with van der Waals surface area (Å²) in [5.41, 5.74) is 6.12. The van der Waals surface area contributed by atoms with Crippen LogP contribution in [0.2, 0.25) is 0 Å². The van der Waals surface area contributed by atoms with Gasteiger partial charge in [0, 0.05) is 12.0 Å². The largest absolute Gasteiger partial charge is 0.349 e. The van der Waals surface area contributed by atoms with Gasteiger partial charge in [-0.05, 0) is 38.3 Å². The normalized spacial score (nSPS) is 13.7. The molecule has 118 valence electrons. The second-order valence-electron chi connectivity index (χ2n) is 5.58. The van der Waals surface area contributed by atoms with E-state index in [1.54, 1.807) is 25.1 Å². The first-order valence-electron chi connectivity index (χ1n) is 7.82. The Labute approximate surface area is 127 Å². The molecule has 0 aromatic heterocycles. The summed E-state index contributed by atoms with van der Waals surface area (Å²) in [7, 11) is 0. The highest BCUT2D eigenvalue weighted by molar-refractivity contribution is 5.76. The average molecular weight is 294 g/mol. The minimum absolute atomic E-state index is 0.0242. The van der Waals surface area contributed by atoms with Crippen LogP contribution in [-0.4, -0.2) is 12.5 Å². The second-order valence-corrected chi connectivity index (χ2v) is 5.58. The van der Waals surface area contributed by atoms with Crippen molar-refractivity contribution in [2.24, 2.45) is 11.7 Å². The number of benzene rings is 1. The van der Waals surface area contributed by atoms with Crippen LogP contribution < -0.4 is 11.1 Å². The van der Waals surface area contributed by atoms with Gasteiger partial charge in [0.1, 0.15) is 5.82 Å². The van der Waals surface area contributed by atoms with E-state index in [2.05, 4.69) is 12.2 Å². The molecule has 1 aromatic rings. The Bertz CT molecular complexity index is 431. The van der Waals surface area contributed by atoms with Gasteiger partial charge in [-0.2, -0.15) is 0 Å². The number of carbonyl (C=O) groups excluding carboxylic acids is 1. The molecule has 1 amide bonds. The van der Waals surface area contributed by atoms with E-state index in [0.29, 0.717) is 24.4 Å². The standard InChI is InChI=1S/C17H27FN2O/c1-3-6-14(11-12-19)9-10-17(21)20-13(2)15-7-4-5-8-16(15)18/h4-5,7-8,13-14H,3,6,9-12,19H2,1-2H3,(H,20,21). The van der Waals surface area contributed by atoms with Crippen LogP contribution in [0.15, 0.2) is 24.3 Å². The van der Waals surface area contributed by atoms with Gasteiger partial charge in [-0.25, -0.2) is 4.39 Å². The third kappa shape index (κ3) is 6.25. The molecule has 1 rings (SSSR count). The van der Waals surface area contributed by atoms with Gasteiger partial charge in [0.15, 0.2) is 0 Å². The minimum atomic E-state index is -0.308. The van der Waals surface area contributed by atoms with E-state index in [4.69, 9.17) is 5.73 Å². The maximum absolute atomic E-state index is 13.6. The van der Waals surface area contributed by atoms with Crippen LogP contribution in [-0.2, 0) is 4.79 Å².